The minimum absolute atomic E-state index is 0.0341. The van der Waals surface area contributed by atoms with Gasteiger partial charge in [-0.05, 0) is 61.5 Å². The fraction of sp³-hybridized carbons (Fsp3) is 0.444. The van der Waals surface area contributed by atoms with E-state index in [2.05, 4.69) is 75.2 Å². The molecule has 2 aromatic carbocycles. The van der Waals surface area contributed by atoms with Gasteiger partial charge in [-0.25, -0.2) is 0 Å². The van der Waals surface area contributed by atoms with Crippen molar-refractivity contribution >= 4 is 23.4 Å². The van der Waals surface area contributed by atoms with Crippen molar-refractivity contribution < 1.29 is 4.79 Å². The van der Waals surface area contributed by atoms with E-state index in [0.717, 1.165) is 42.7 Å². The number of benzene rings is 2. The number of nitrogens with one attached hydrogen (secondary N) is 1. The molecule has 6 nitrogen and oxygen atoms in total. The Morgan fingerprint density at radius 1 is 1.00 bits per heavy atom. The first-order valence-corrected chi connectivity index (χ1v) is 13.3. The van der Waals surface area contributed by atoms with E-state index in [1.54, 1.807) is 0 Å². The van der Waals surface area contributed by atoms with Gasteiger partial charge in [-0.1, -0.05) is 74.5 Å². The van der Waals surface area contributed by atoms with E-state index in [1.807, 2.05) is 18.2 Å². The molecule has 180 valence electrons. The van der Waals surface area contributed by atoms with Crippen LogP contribution in [0.15, 0.2) is 59.8 Å². The number of hydrogen-bond donors (Lipinski definition) is 1. The number of anilines is 1. The quantitative estimate of drug-likeness (QED) is 0.388. The summed E-state index contributed by atoms with van der Waals surface area (Å²) in [4.78, 5) is 15.1. The normalized spacial score (nSPS) is 15.2. The smallest absolute Gasteiger partial charge is 0.234 e. The summed E-state index contributed by atoms with van der Waals surface area (Å²) in [6, 6.07) is 18.5. The van der Waals surface area contributed by atoms with Crippen LogP contribution in [0.1, 0.15) is 62.4 Å². The van der Waals surface area contributed by atoms with Crippen molar-refractivity contribution in [3.63, 3.8) is 0 Å². The van der Waals surface area contributed by atoms with Crippen molar-refractivity contribution in [2.24, 2.45) is 0 Å². The number of carbonyl (C=O) groups excluding carboxylic acids is 1. The Morgan fingerprint density at radius 2 is 1.74 bits per heavy atom. The maximum atomic E-state index is 12.7. The average molecular weight is 478 g/mol. The number of rotatable bonds is 10. The highest BCUT2D eigenvalue weighted by atomic mass is 32.2. The molecule has 1 amide bonds. The van der Waals surface area contributed by atoms with E-state index >= 15 is 0 Å². The predicted molar refractivity (Wildman–Crippen MR) is 139 cm³/mol. The SMILES string of the molecule is CCC(C)c1ccc(NC(=O)CSc2nnc(CN3CCCCC3)n2Cc2ccccc2)cc1. The molecular weight excluding hydrogens is 442 g/mol. The molecule has 0 radical (unpaired) electrons. The second-order valence-corrected chi connectivity index (χ2v) is 10.0. The van der Waals surface area contributed by atoms with E-state index in [4.69, 9.17) is 0 Å². The number of piperidine rings is 1. The van der Waals surface area contributed by atoms with Gasteiger partial charge in [0.25, 0.3) is 0 Å². The molecule has 2 heterocycles. The monoisotopic (exact) mass is 477 g/mol. The number of carbonyl (C=O) groups is 1. The van der Waals surface area contributed by atoms with Gasteiger partial charge in [0.2, 0.25) is 5.91 Å². The fourth-order valence-electron chi connectivity index (χ4n) is 4.24. The first-order chi connectivity index (χ1) is 16.6. The summed E-state index contributed by atoms with van der Waals surface area (Å²) in [6.07, 6.45) is 4.90. The lowest BCUT2D eigenvalue weighted by molar-refractivity contribution is -0.113. The molecule has 1 atom stereocenters. The highest BCUT2D eigenvalue weighted by Gasteiger charge is 2.19. The minimum Gasteiger partial charge on any atom is -0.325 e. The van der Waals surface area contributed by atoms with Crippen LogP contribution < -0.4 is 5.32 Å². The minimum atomic E-state index is -0.0341. The summed E-state index contributed by atoms with van der Waals surface area (Å²) in [5.74, 6) is 1.75. The molecule has 0 bridgehead atoms. The summed E-state index contributed by atoms with van der Waals surface area (Å²) < 4.78 is 2.17. The Bertz CT molecular complexity index is 1040. The van der Waals surface area contributed by atoms with Crippen LogP contribution in [0.4, 0.5) is 5.69 Å². The second kappa shape index (κ2) is 12.2. The molecule has 0 aliphatic carbocycles. The third-order valence-electron chi connectivity index (χ3n) is 6.50. The lowest BCUT2D eigenvalue weighted by Crippen LogP contribution is -2.30. The zero-order valence-corrected chi connectivity index (χ0v) is 21.1. The standard InChI is InChI=1S/C27H35N5OS/c1-3-21(2)23-12-14-24(15-13-23)28-26(33)20-34-27-30-29-25(19-31-16-8-5-9-17-31)32(27)18-22-10-6-4-7-11-22/h4,6-7,10-15,21H,3,5,8-9,16-20H2,1-2H3,(H,28,33). The van der Waals surface area contributed by atoms with Gasteiger partial charge in [-0.15, -0.1) is 10.2 Å². The number of nitrogens with zero attached hydrogens (tertiary/aromatic N) is 4. The van der Waals surface area contributed by atoms with Crippen LogP contribution in [-0.2, 0) is 17.9 Å². The van der Waals surface area contributed by atoms with Gasteiger partial charge in [0.15, 0.2) is 5.16 Å². The molecule has 1 aromatic heterocycles. The van der Waals surface area contributed by atoms with Crippen molar-refractivity contribution in [1.82, 2.24) is 19.7 Å². The van der Waals surface area contributed by atoms with E-state index in [1.165, 1.54) is 42.2 Å². The molecule has 7 heteroatoms. The van der Waals surface area contributed by atoms with Gasteiger partial charge < -0.3 is 9.88 Å². The number of thioether (sulfide) groups is 1. The summed E-state index contributed by atoms with van der Waals surface area (Å²) in [6.45, 7) is 8.13. The summed E-state index contributed by atoms with van der Waals surface area (Å²) in [5.41, 5.74) is 3.33. The third kappa shape index (κ3) is 6.70. The third-order valence-corrected chi connectivity index (χ3v) is 7.47. The maximum absolute atomic E-state index is 12.7. The van der Waals surface area contributed by atoms with Gasteiger partial charge in [0, 0.05) is 5.69 Å². The highest BCUT2D eigenvalue weighted by Crippen LogP contribution is 2.23. The highest BCUT2D eigenvalue weighted by molar-refractivity contribution is 7.99. The molecule has 0 spiro atoms. The lowest BCUT2D eigenvalue weighted by Gasteiger charge is -2.26. The summed E-state index contributed by atoms with van der Waals surface area (Å²) in [5, 5.41) is 12.8. The number of amides is 1. The van der Waals surface area contributed by atoms with Gasteiger partial charge in [-0.2, -0.15) is 0 Å². The Hall–Kier alpha value is -2.64. The summed E-state index contributed by atoms with van der Waals surface area (Å²) in [7, 11) is 0. The molecule has 1 N–H and O–H groups in total. The molecule has 3 aromatic rings. The van der Waals surface area contributed by atoms with Crippen LogP contribution in [-0.4, -0.2) is 44.4 Å². The van der Waals surface area contributed by atoms with E-state index in [0.29, 0.717) is 18.2 Å². The largest absolute Gasteiger partial charge is 0.325 e. The fourth-order valence-corrected chi connectivity index (χ4v) is 5.00. The molecule has 1 saturated heterocycles. The van der Waals surface area contributed by atoms with Crippen LogP contribution in [0, 0.1) is 0 Å². The Kier molecular flexibility index (Phi) is 8.77. The second-order valence-electron chi connectivity index (χ2n) is 9.08. The van der Waals surface area contributed by atoms with E-state index in [9.17, 15) is 4.79 Å². The van der Waals surface area contributed by atoms with Crippen LogP contribution in [0.5, 0.6) is 0 Å². The van der Waals surface area contributed by atoms with Crippen LogP contribution >= 0.6 is 11.8 Å². The summed E-state index contributed by atoms with van der Waals surface area (Å²) >= 11 is 1.45. The number of hydrogen-bond acceptors (Lipinski definition) is 5. The molecule has 1 fully saturated rings. The Labute approximate surface area is 207 Å². The number of aromatic nitrogens is 3. The van der Waals surface area contributed by atoms with Gasteiger partial charge in [0.05, 0.1) is 18.8 Å². The van der Waals surface area contributed by atoms with E-state index < -0.39 is 0 Å². The first-order valence-electron chi connectivity index (χ1n) is 12.3. The van der Waals surface area contributed by atoms with Crippen molar-refractivity contribution in [3.8, 4) is 0 Å². The molecular formula is C27H35N5OS. The first kappa shape index (κ1) is 24.5. The van der Waals surface area contributed by atoms with Crippen molar-refractivity contribution in [2.75, 3.05) is 24.2 Å². The zero-order valence-electron chi connectivity index (χ0n) is 20.2. The Balaban J connectivity index is 1.41. The molecule has 0 saturated carbocycles. The van der Waals surface area contributed by atoms with Gasteiger partial charge >= 0.3 is 0 Å². The van der Waals surface area contributed by atoms with Crippen LogP contribution in [0.3, 0.4) is 0 Å². The molecule has 1 aliphatic rings. The molecule has 34 heavy (non-hydrogen) atoms. The predicted octanol–water partition coefficient (Wildman–Crippen LogP) is 5.56. The van der Waals surface area contributed by atoms with Gasteiger partial charge in [0.1, 0.15) is 5.82 Å². The maximum Gasteiger partial charge on any atom is 0.234 e. The number of likely N-dealkylation sites (tertiary alicyclic amines) is 1. The lowest BCUT2D eigenvalue weighted by atomic mass is 9.99. The molecule has 4 rings (SSSR count). The van der Waals surface area contributed by atoms with Crippen LogP contribution in [0.25, 0.3) is 0 Å². The molecule has 1 unspecified atom stereocenters. The van der Waals surface area contributed by atoms with Crippen LogP contribution in [0.2, 0.25) is 0 Å². The van der Waals surface area contributed by atoms with E-state index in [-0.39, 0.29) is 5.91 Å². The average Bonchev–Trinajstić information content (AvgIpc) is 3.24. The van der Waals surface area contributed by atoms with Crippen molar-refractivity contribution in [1.29, 1.82) is 0 Å². The topological polar surface area (TPSA) is 63.1 Å². The zero-order chi connectivity index (χ0) is 23.8. The van der Waals surface area contributed by atoms with Gasteiger partial charge in [-0.3, -0.25) is 9.69 Å². The molecule has 1 aliphatic heterocycles. The Morgan fingerprint density at radius 3 is 2.44 bits per heavy atom. The van der Waals surface area contributed by atoms with Crippen molar-refractivity contribution in [3.05, 3.63) is 71.5 Å². The van der Waals surface area contributed by atoms with Crippen molar-refractivity contribution in [2.45, 2.75) is 63.7 Å².